The van der Waals surface area contributed by atoms with E-state index < -0.39 is 5.41 Å². The number of hydrogen-bond acceptors (Lipinski definition) is 4. The molecule has 7 heteroatoms. The lowest BCUT2D eigenvalue weighted by Crippen LogP contribution is -2.39. The topological polar surface area (TPSA) is 47.4 Å². The number of carbonyl (C=O) groups excluding carboxylic acids is 1. The summed E-state index contributed by atoms with van der Waals surface area (Å²) in [5, 5.41) is 1.21. The van der Waals surface area contributed by atoms with Gasteiger partial charge in [-0.15, -0.1) is 0 Å². The van der Waals surface area contributed by atoms with Crippen LogP contribution in [-0.2, 0) is 21.6 Å². The number of piperidine rings is 1. The van der Waals surface area contributed by atoms with Crippen LogP contribution >= 0.6 is 23.2 Å². The number of halogens is 2. The van der Waals surface area contributed by atoms with E-state index in [-0.39, 0.29) is 5.97 Å². The van der Waals surface area contributed by atoms with E-state index in [2.05, 4.69) is 15.5 Å². The molecule has 1 saturated heterocycles. The fourth-order valence-corrected chi connectivity index (χ4v) is 6.14. The van der Waals surface area contributed by atoms with E-state index in [1.165, 1.54) is 39.2 Å². The standard InChI is InChI=1S/C31H31Cl2N3O2/c1-38-30(37)31(22-7-12-25(32)13-8-22,23-9-14-26(33)15-10-23)24-11-16-27-28(19-24)36(29(34-27)21-5-6-21)20-35-17-3-2-4-18-35/h7-16,19,21H,2-6,17-18,20H2,1H3. The molecule has 1 aliphatic carbocycles. The van der Waals surface area contributed by atoms with Crippen molar-refractivity contribution in [2.75, 3.05) is 20.2 Å². The van der Waals surface area contributed by atoms with Gasteiger partial charge in [0.25, 0.3) is 0 Å². The lowest BCUT2D eigenvalue weighted by Gasteiger charge is -2.33. The maximum Gasteiger partial charge on any atom is 0.325 e. The van der Waals surface area contributed by atoms with Gasteiger partial charge in [-0.05, 0) is 91.9 Å². The number of esters is 1. The zero-order valence-corrected chi connectivity index (χ0v) is 23.0. The van der Waals surface area contributed by atoms with Crippen LogP contribution in [0.15, 0.2) is 66.7 Å². The lowest BCUT2D eigenvalue weighted by molar-refractivity contribution is -0.144. The van der Waals surface area contributed by atoms with Gasteiger partial charge in [-0.3, -0.25) is 9.69 Å². The monoisotopic (exact) mass is 547 g/mol. The highest BCUT2D eigenvalue weighted by molar-refractivity contribution is 6.30. The minimum Gasteiger partial charge on any atom is -0.468 e. The van der Waals surface area contributed by atoms with Crippen molar-refractivity contribution in [3.05, 3.63) is 99.3 Å². The van der Waals surface area contributed by atoms with Gasteiger partial charge in [-0.2, -0.15) is 0 Å². The Bertz CT molecular complexity index is 1410. The van der Waals surface area contributed by atoms with Gasteiger partial charge in [0.2, 0.25) is 0 Å². The molecular formula is C31H31Cl2N3O2. The molecule has 5 nitrogen and oxygen atoms in total. The molecule has 0 radical (unpaired) electrons. The molecule has 2 heterocycles. The first kappa shape index (κ1) is 25.4. The summed E-state index contributed by atoms with van der Waals surface area (Å²) in [5.74, 6) is 1.30. The summed E-state index contributed by atoms with van der Waals surface area (Å²) in [6.45, 7) is 3.02. The van der Waals surface area contributed by atoms with E-state index in [1.807, 2.05) is 60.7 Å². The molecular weight excluding hydrogens is 517 g/mol. The summed E-state index contributed by atoms with van der Waals surface area (Å²) < 4.78 is 7.90. The van der Waals surface area contributed by atoms with Crippen LogP contribution in [0.3, 0.4) is 0 Å². The van der Waals surface area contributed by atoms with Gasteiger partial charge in [0.15, 0.2) is 0 Å². The number of benzene rings is 3. The molecule has 3 aromatic carbocycles. The highest BCUT2D eigenvalue weighted by Crippen LogP contribution is 2.44. The number of likely N-dealkylation sites (tertiary alicyclic amines) is 1. The smallest absolute Gasteiger partial charge is 0.325 e. The van der Waals surface area contributed by atoms with E-state index in [4.69, 9.17) is 32.9 Å². The number of methoxy groups -OCH3 is 1. The minimum absolute atomic E-state index is 0.369. The molecule has 0 bridgehead atoms. The number of aromatic nitrogens is 2. The highest BCUT2D eigenvalue weighted by atomic mass is 35.5. The van der Waals surface area contributed by atoms with Crippen LogP contribution in [0.25, 0.3) is 11.0 Å². The number of nitrogens with zero attached hydrogens (tertiary/aromatic N) is 3. The van der Waals surface area contributed by atoms with Crippen molar-refractivity contribution in [3.8, 4) is 0 Å². The SMILES string of the molecule is COC(=O)C(c1ccc(Cl)cc1)(c1ccc(Cl)cc1)c1ccc2nc(C3CC3)n(CN3CCCCC3)c2c1. The summed E-state index contributed by atoms with van der Waals surface area (Å²) in [4.78, 5) is 21.6. The largest absolute Gasteiger partial charge is 0.468 e. The Morgan fingerprint density at radius 2 is 1.47 bits per heavy atom. The fraction of sp³-hybridized carbons (Fsp3) is 0.355. The number of hydrogen-bond donors (Lipinski definition) is 0. The number of carbonyl (C=O) groups is 1. The molecule has 2 fully saturated rings. The number of fused-ring (bicyclic) bond motifs is 1. The number of rotatable bonds is 7. The zero-order valence-electron chi connectivity index (χ0n) is 21.5. The van der Waals surface area contributed by atoms with Crippen LogP contribution in [0.2, 0.25) is 10.0 Å². The third kappa shape index (κ3) is 4.51. The summed E-state index contributed by atoms with van der Waals surface area (Å²) >= 11 is 12.5. The van der Waals surface area contributed by atoms with Crippen molar-refractivity contribution in [1.82, 2.24) is 14.5 Å². The Morgan fingerprint density at radius 1 is 0.895 bits per heavy atom. The van der Waals surface area contributed by atoms with E-state index in [1.54, 1.807) is 0 Å². The first-order valence-electron chi connectivity index (χ1n) is 13.3. The predicted octanol–water partition coefficient (Wildman–Crippen LogP) is 7.17. The average Bonchev–Trinajstić information content (AvgIpc) is 3.73. The molecule has 1 saturated carbocycles. The van der Waals surface area contributed by atoms with Gasteiger partial charge in [0, 0.05) is 16.0 Å². The van der Waals surface area contributed by atoms with Gasteiger partial charge in [0.05, 0.1) is 24.8 Å². The Morgan fingerprint density at radius 3 is 2.03 bits per heavy atom. The van der Waals surface area contributed by atoms with Crippen molar-refractivity contribution in [3.63, 3.8) is 0 Å². The third-order valence-corrected chi connectivity index (χ3v) is 8.49. The normalized spacial score (nSPS) is 16.6. The lowest BCUT2D eigenvalue weighted by atomic mass is 9.69. The van der Waals surface area contributed by atoms with E-state index in [0.717, 1.165) is 53.3 Å². The van der Waals surface area contributed by atoms with Crippen LogP contribution in [-0.4, -0.2) is 40.6 Å². The average molecular weight is 549 g/mol. The third-order valence-electron chi connectivity index (χ3n) is 7.99. The van der Waals surface area contributed by atoms with Crippen molar-refractivity contribution in [2.45, 2.75) is 50.1 Å². The first-order chi connectivity index (χ1) is 18.5. The van der Waals surface area contributed by atoms with Gasteiger partial charge in [0.1, 0.15) is 11.2 Å². The van der Waals surface area contributed by atoms with Crippen LogP contribution in [0.5, 0.6) is 0 Å². The second kappa shape index (κ2) is 10.4. The van der Waals surface area contributed by atoms with Gasteiger partial charge < -0.3 is 9.30 Å². The molecule has 0 amide bonds. The molecule has 1 aromatic heterocycles. The Kier molecular flexibility index (Phi) is 6.93. The van der Waals surface area contributed by atoms with Crippen molar-refractivity contribution >= 4 is 40.2 Å². The molecule has 0 N–H and O–H groups in total. The van der Waals surface area contributed by atoms with Gasteiger partial charge in [-0.1, -0.05) is 60.0 Å². The van der Waals surface area contributed by atoms with Crippen LogP contribution in [0, 0.1) is 0 Å². The Labute approximate surface area is 233 Å². The summed E-state index contributed by atoms with van der Waals surface area (Å²) in [6, 6.07) is 21.1. The molecule has 196 valence electrons. The molecule has 0 spiro atoms. The maximum atomic E-state index is 13.9. The van der Waals surface area contributed by atoms with Crippen molar-refractivity contribution < 1.29 is 9.53 Å². The molecule has 0 atom stereocenters. The summed E-state index contributed by atoms with van der Waals surface area (Å²) in [6.07, 6.45) is 6.12. The fourth-order valence-electron chi connectivity index (χ4n) is 5.88. The second-order valence-electron chi connectivity index (χ2n) is 10.5. The van der Waals surface area contributed by atoms with Crippen LogP contribution in [0.1, 0.15) is 60.5 Å². The Balaban J connectivity index is 1.58. The summed E-state index contributed by atoms with van der Waals surface area (Å²) in [7, 11) is 1.44. The zero-order chi connectivity index (χ0) is 26.3. The molecule has 6 rings (SSSR count). The predicted molar refractivity (Wildman–Crippen MR) is 152 cm³/mol. The molecule has 1 aliphatic heterocycles. The van der Waals surface area contributed by atoms with Crippen molar-refractivity contribution in [2.24, 2.45) is 0 Å². The second-order valence-corrected chi connectivity index (χ2v) is 11.3. The Hall–Kier alpha value is -2.86. The molecule has 4 aromatic rings. The molecule has 2 aliphatic rings. The number of ether oxygens (including phenoxy) is 1. The van der Waals surface area contributed by atoms with Gasteiger partial charge >= 0.3 is 5.97 Å². The molecule has 38 heavy (non-hydrogen) atoms. The summed E-state index contributed by atoms with van der Waals surface area (Å²) in [5.41, 5.74) is 3.17. The first-order valence-corrected chi connectivity index (χ1v) is 14.1. The maximum absolute atomic E-state index is 13.9. The van der Waals surface area contributed by atoms with Gasteiger partial charge in [-0.25, -0.2) is 4.98 Å². The van der Waals surface area contributed by atoms with E-state index in [0.29, 0.717) is 16.0 Å². The van der Waals surface area contributed by atoms with Crippen LogP contribution < -0.4 is 0 Å². The number of imidazole rings is 1. The van der Waals surface area contributed by atoms with E-state index in [9.17, 15) is 4.79 Å². The quantitative estimate of drug-likeness (QED) is 0.182. The minimum atomic E-state index is -1.21. The molecule has 0 unspecified atom stereocenters. The van der Waals surface area contributed by atoms with Crippen LogP contribution in [0.4, 0.5) is 0 Å². The van der Waals surface area contributed by atoms with Crippen molar-refractivity contribution in [1.29, 1.82) is 0 Å². The highest BCUT2D eigenvalue weighted by Gasteiger charge is 2.45. The van der Waals surface area contributed by atoms with E-state index >= 15 is 0 Å².